The zero-order valence-corrected chi connectivity index (χ0v) is 16.0. The van der Waals surface area contributed by atoms with Gasteiger partial charge in [-0.2, -0.15) is 0 Å². The fraction of sp³-hybridized carbons (Fsp3) is 0.273. The highest BCUT2D eigenvalue weighted by molar-refractivity contribution is 5.87. The molecule has 3 rings (SSSR count). The molecule has 3 aromatic rings. The summed E-state index contributed by atoms with van der Waals surface area (Å²) in [6.07, 6.45) is 2.06. The number of aromatic nitrogens is 1. The van der Waals surface area contributed by atoms with E-state index in [0.29, 0.717) is 13.0 Å². The summed E-state index contributed by atoms with van der Waals surface area (Å²) in [7, 11) is 5.66. The largest absolute Gasteiger partial charge is 0.496 e. The van der Waals surface area contributed by atoms with Crippen LogP contribution in [0.5, 0.6) is 5.75 Å². The van der Waals surface area contributed by atoms with E-state index in [4.69, 9.17) is 4.74 Å². The lowest BCUT2D eigenvalue weighted by Gasteiger charge is -2.26. The van der Waals surface area contributed by atoms with Crippen molar-refractivity contribution in [1.29, 1.82) is 0 Å². The van der Waals surface area contributed by atoms with Crippen LogP contribution in [-0.2, 0) is 11.2 Å². The third-order valence-corrected chi connectivity index (χ3v) is 4.68. The Morgan fingerprint density at radius 1 is 1.11 bits per heavy atom. The summed E-state index contributed by atoms with van der Waals surface area (Å²) >= 11 is 0. The van der Waals surface area contributed by atoms with Crippen molar-refractivity contribution in [2.45, 2.75) is 12.5 Å². The number of rotatable bonds is 7. The predicted octanol–water partition coefficient (Wildman–Crippen LogP) is 3.21. The van der Waals surface area contributed by atoms with Crippen LogP contribution < -0.4 is 10.1 Å². The highest BCUT2D eigenvalue weighted by Gasteiger charge is 2.19. The van der Waals surface area contributed by atoms with Gasteiger partial charge in [0.25, 0.3) is 0 Å². The van der Waals surface area contributed by atoms with E-state index in [0.717, 1.165) is 27.8 Å². The third-order valence-electron chi connectivity index (χ3n) is 4.68. The van der Waals surface area contributed by atoms with Gasteiger partial charge < -0.3 is 15.0 Å². The fourth-order valence-corrected chi connectivity index (χ4v) is 3.27. The van der Waals surface area contributed by atoms with Crippen LogP contribution in [0.3, 0.4) is 0 Å². The van der Waals surface area contributed by atoms with E-state index in [1.165, 1.54) is 0 Å². The highest BCUT2D eigenvalue weighted by Crippen LogP contribution is 2.27. The predicted molar refractivity (Wildman–Crippen MR) is 108 cm³/mol. The van der Waals surface area contributed by atoms with Crippen molar-refractivity contribution in [2.24, 2.45) is 0 Å². The number of likely N-dealkylation sites (N-methyl/N-ethyl adjacent to an activating group) is 1. The molecule has 0 saturated carbocycles. The lowest BCUT2D eigenvalue weighted by atomic mass is 10.0. The molecule has 0 aliphatic rings. The Hall–Kier alpha value is -2.92. The van der Waals surface area contributed by atoms with Gasteiger partial charge in [0, 0.05) is 23.7 Å². The lowest BCUT2D eigenvalue weighted by molar-refractivity contribution is -0.120. The molecule has 1 N–H and O–H groups in total. The second-order valence-electron chi connectivity index (χ2n) is 6.69. The van der Waals surface area contributed by atoms with Crippen LogP contribution in [0, 0.1) is 0 Å². The Balaban J connectivity index is 1.71. The van der Waals surface area contributed by atoms with Gasteiger partial charge >= 0.3 is 0 Å². The van der Waals surface area contributed by atoms with Crippen molar-refractivity contribution in [3.63, 3.8) is 0 Å². The monoisotopic (exact) mass is 363 g/mol. The summed E-state index contributed by atoms with van der Waals surface area (Å²) in [5, 5.41) is 4.11. The summed E-state index contributed by atoms with van der Waals surface area (Å²) in [5.41, 5.74) is 2.87. The molecule has 5 heteroatoms. The molecule has 1 unspecified atom stereocenters. The van der Waals surface area contributed by atoms with Crippen molar-refractivity contribution in [3.05, 3.63) is 71.9 Å². The Morgan fingerprint density at radius 2 is 1.89 bits per heavy atom. The minimum Gasteiger partial charge on any atom is -0.496 e. The first-order valence-electron chi connectivity index (χ1n) is 8.99. The van der Waals surface area contributed by atoms with Crippen LogP contribution in [0.15, 0.2) is 60.8 Å². The van der Waals surface area contributed by atoms with Crippen molar-refractivity contribution in [2.75, 3.05) is 27.7 Å². The maximum Gasteiger partial charge on any atom is 0.224 e. The molecule has 0 spiro atoms. The number of nitrogens with zero attached hydrogens (tertiary/aromatic N) is 2. The average Bonchev–Trinajstić information content (AvgIpc) is 2.68. The molecule has 140 valence electrons. The SMILES string of the molecule is COc1ccccc1C(CNC(=O)Cc1cccc2cccnc12)N(C)C. The Labute approximate surface area is 160 Å². The second-order valence-corrected chi connectivity index (χ2v) is 6.69. The number of benzene rings is 2. The highest BCUT2D eigenvalue weighted by atomic mass is 16.5. The molecule has 1 heterocycles. The molecule has 0 fully saturated rings. The zero-order chi connectivity index (χ0) is 19.2. The Bertz CT molecular complexity index is 919. The molecule has 0 bridgehead atoms. The summed E-state index contributed by atoms with van der Waals surface area (Å²) in [6.45, 7) is 0.504. The quantitative estimate of drug-likeness (QED) is 0.700. The first-order chi connectivity index (χ1) is 13.1. The summed E-state index contributed by atoms with van der Waals surface area (Å²) in [4.78, 5) is 19.1. The van der Waals surface area contributed by atoms with E-state index in [1.54, 1.807) is 13.3 Å². The van der Waals surface area contributed by atoms with Gasteiger partial charge in [0.15, 0.2) is 0 Å². The number of methoxy groups -OCH3 is 1. The summed E-state index contributed by atoms with van der Waals surface area (Å²) < 4.78 is 5.48. The van der Waals surface area contributed by atoms with Crippen LogP contribution in [-0.4, -0.2) is 43.5 Å². The molecular formula is C22H25N3O2. The number of pyridine rings is 1. The molecule has 2 aromatic carbocycles. The number of hydrogen-bond acceptors (Lipinski definition) is 4. The molecule has 0 saturated heterocycles. The average molecular weight is 363 g/mol. The summed E-state index contributed by atoms with van der Waals surface area (Å²) in [6, 6.07) is 17.8. The van der Waals surface area contributed by atoms with Crippen LogP contribution in [0.25, 0.3) is 10.9 Å². The van der Waals surface area contributed by atoms with Crippen molar-refractivity contribution < 1.29 is 9.53 Å². The van der Waals surface area contributed by atoms with Gasteiger partial charge in [-0.1, -0.05) is 42.5 Å². The molecular weight excluding hydrogens is 338 g/mol. The smallest absolute Gasteiger partial charge is 0.224 e. The maximum absolute atomic E-state index is 12.6. The molecule has 0 aliphatic heterocycles. The zero-order valence-electron chi connectivity index (χ0n) is 16.0. The number of carbonyl (C=O) groups is 1. The van der Waals surface area contributed by atoms with E-state index in [2.05, 4.69) is 15.2 Å². The number of para-hydroxylation sites is 2. The molecule has 0 aliphatic carbocycles. The van der Waals surface area contributed by atoms with Crippen molar-refractivity contribution in [1.82, 2.24) is 15.2 Å². The van der Waals surface area contributed by atoms with E-state index in [1.807, 2.05) is 68.7 Å². The van der Waals surface area contributed by atoms with Crippen molar-refractivity contribution in [3.8, 4) is 5.75 Å². The first kappa shape index (κ1) is 18.9. The fourth-order valence-electron chi connectivity index (χ4n) is 3.27. The molecule has 27 heavy (non-hydrogen) atoms. The standard InChI is InChI=1S/C22H25N3O2/c1-25(2)19(18-11-4-5-12-20(18)27-3)15-24-21(26)14-17-9-6-8-16-10-7-13-23-22(16)17/h4-13,19H,14-15H2,1-3H3,(H,24,26). The van der Waals surface area contributed by atoms with Gasteiger partial charge in [-0.05, 0) is 31.8 Å². The lowest BCUT2D eigenvalue weighted by Crippen LogP contribution is -2.35. The minimum absolute atomic E-state index is 0.0186. The van der Waals surface area contributed by atoms with Crippen LogP contribution >= 0.6 is 0 Å². The molecule has 5 nitrogen and oxygen atoms in total. The van der Waals surface area contributed by atoms with Crippen LogP contribution in [0.1, 0.15) is 17.2 Å². The van der Waals surface area contributed by atoms with E-state index in [9.17, 15) is 4.79 Å². The van der Waals surface area contributed by atoms with Crippen LogP contribution in [0.2, 0.25) is 0 Å². The minimum atomic E-state index is -0.0186. The number of nitrogens with one attached hydrogen (secondary N) is 1. The van der Waals surface area contributed by atoms with Crippen molar-refractivity contribution >= 4 is 16.8 Å². The van der Waals surface area contributed by atoms with Gasteiger partial charge in [0.2, 0.25) is 5.91 Å². The van der Waals surface area contributed by atoms with Gasteiger partial charge in [0.1, 0.15) is 5.75 Å². The first-order valence-corrected chi connectivity index (χ1v) is 8.99. The maximum atomic E-state index is 12.6. The normalized spacial score (nSPS) is 12.1. The van der Waals surface area contributed by atoms with Gasteiger partial charge in [0.05, 0.1) is 25.1 Å². The number of amides is 1. The number of carbonyl (C=O) groups excluding carboxylic acids is 1. The molecule has 0 radical (unpaired) electrons. The number of ether oxygens (including phenoxy) is 1. The van der Waals surface area contributed by atoms with Crippen LogP contribution in [0.4, 0.5) is 0 Å². The third kappa shape index (κ3) is 4.44. The molecule has 1 aromatic heterocycles. The molecule has 1 amide bonds. The molecule has 1 atom stereocenters. The van der Waals surface area contributed by atoms with Gasteiger partial charge in [-0.15, -0.1) is 0 Å². The Kier molecular flexibility index (Phi) is 6.04. The topological polar surface area (TPSA) is 54.5 Å². The number of fused-ring (bicyclic) bond motifs is 1. The van der Waals surface area contributed by atoms with E-state index < -0.39 is 0 Å². The van der Waals surface area contributed by atoms with E-state index in [-0.39, 0.29) is 11.9 Å². The van der Waals surface area contributed by atoms with Gasteiger partial charge in [-0.25, -0.2) is 0 Å². The Morgan fingerprint density at radius 3 is 2.67 bits per heavy atom. The van der Waals surface area contributed by atoms with Gasteiger partial charge in [-0.3, -0.25) is 9.78 Å². The number of hydrogen-bond donors (Lipinski definition) is 1. The summed E-state index contributed by atoms with van der Waals surface area (Å²) in [5.74, 6) is 0.804. The van der Waals surface area contributed by atoms with E-state index >= 15 is 0 Å². The second kappa shape index (κ2) is 8.64.